The Kier molecular flexibility index (Phi) is 3.35. The summed E-state index contributed by atoms with van der Waals surface area (Å²) >= 11 is 4.87. The first-order chi connectivity index (χ1) is 9.60. The second-order valence-electron chi connectivity index (χ2n) is 4.37. The number of rotatable bonds is 2. The van der Waals surface area contributed by atoms with Crippen LogP contribution < -0.4 is 11.2 Å². The number of H-pyrrole nitrogens is 2. The number of benzene rings is 1. The van der Waals surface area contributed by atoms with Crippen LogP contribution in [-0.2, 0) is 6.42 Å². The summed E-state index contributed by atoms with van der Waals surface area (Å²) in [5.74, 6) is 0. The average Bonchev–Trinajstić information content (AvgIpc) is 2.78. The Bertz CT molecular complexity index is 890. The molecule has 0 unspecified atom stereocenters. The van der Waals surface area contributed by atoms with Gasteiger partial charge in [0.25, 0.3) is 5.56 Å². The van der Waals surface area contributed by atoms with Gasteiger partial charge in [-0.05, 0) is 24.1 Å². The van der Waals surface area contributed by atoms with Crippen molar-refractivity contribution in [1.29, 1.82) is 0 Å². The molecule has 20 heavy (non-hydrogen) atoms. The van der Waals surface area contributed by atoms with E-state index in [4.69, 9.17) is 0 Å². The largest absolute Gasteiger partial charge is 0.326 e. The van der Waals surface area contributed by atoms with Crippen molar-refractivity contribution in [2.75, 3.05) is 0 Å². The van der Waals surface area contributed by atoms with E-state index in [-0.39, 0.29) is 5.56 Å². The van der Waals surface area contributed by atoms with Crippen LogP contribution in [0, 0.1) is 0 Å². The van der Waals surface area contributed by atoms with Gasteiger partial charge >= 0.3 is 5.69 Å². The molecule has 0 amide bonds. The van der Waals surface area contributed by atoms with Crippen molar-refractivity contribution in [2.24, 2.45) is 0 Å². The van der Waals surface area contributed by atoms with Gasteiger partial charge in [-0.3, -0.25) is 14.8 Å². The number of aromatic nitrogens is 2. The van der Waals surface area contributed by atoms with E-state index in [0.29, 0.717) is 10.2 Å². The zero-order chi connectivity index (χ0) is 14.3. The van der Waals surface area contributed by atoms with Crippen molar-refractivity contribution in [3.8, 4) is 11.1 Å². The Hall–Kier alpha value is -1.66. The van der Waals surface area contributed by atoms with Gasteiger partial charge in [-0.1, -0.05) is 35.0 Å². The number of aryl methyl sites for hydroxylation is 1. The fraction of sp³-hybridized carbons (Fsp3) is 0.143. The van der Waals surface area contributed by atoms with E-state index in [1.165, 1.54) is 11.3 Å². The third kappa shape index (κ3) is 2.14. The number of halogens is 1. The molecule has 6 heteroatoms. The van der Waals surface area contributed by atoms with Crippen LogP contribution in [-0.4, -0.2) is 9.97 Å². The molecule has 0 spiro atoms. The molecule has 2 heterocycles. The molecule has 3 rings (SSSR count). The first-order valence-electron chi connectivity index (χ1n) is 6.14. The number of hydrogen-bond acceptors (Lipinski definition) is 3. The number of hydrogen-bond donors (Lipinski definition) is 2. The van der Waals surface area contributed by atoms with Crippen LogP contribution in [0.3, 0.4) is 0 Å². The Balaban J connectivity index is 2.41. The zero-order valence-electron chi connectivity index (χ0n) is 10.6. The Morgan fingerprint density at radius 2 is 1.85 bits per heavy atom. The average molecular weight is 351 g/mol. The van der Waals surface area contributed by atoms with Crippen LogP contribution in [0.15, 0.2) is 38.3 Å². The molecule has 0 aliphatic carbocycles. The molecule has 1 aromatic carbocycles. The lowest BCUT2D eigenvalue weighted by Crippen LogP contribution is -2.21. The minimum absolute atomic E-state index is 0.336. The summed E-state index contributed by atoms with van der Waals surface area (Å²) in [6.45, 7) is 2.04. The highest BCUT2D eigenvalue weighted by atomic mass is 79.9. The third-order valence-electron chi connectivity index (χ3n) is 3.12. The minimum Gasteiger partial charge on any atom is -0.298 e. The number of fused-ring (bicyclic) bond motifs is 1. The summed E-state index contributed by atoms with van der Waals surface area (Å²) in [6.07, 6.45) is 0.812. The first kappa shape index (κ1) is 13.3. The van der Waals surface area contributed by atoms with E-state index >= 15 is 0 Å². The number of thiophene rings is 1. The highest BCUT2D eigenvalue weighted by Crippen LogP contribution is 2.36. The predicted molar refractivity (Wildman–Crippen MR) is 85.6 cm³/mol. The van der Waals surface area contributed by atoms with Gasteiger partial charge in [-0.25, -0.2) is 4.79 Å². The second kappa shape index (κ2) is 5.03. The molecule has 0 aliphatic rings. The van der Waals surface area contributed by atoms with E-state index in [2.05, 4.69) is 25.9 Å². The van der Waals surface area contributed by atoms with Crippen LogP contribution in [0.25, 0.3) is 21.3 Å². The Morgan fingerprint density at radius 1 is 1.15 bits per heavy atom. The quantitative estimate of drug-likeness (QED) is 0.744. The summed E-state index contributed by atoms with van der Waals surface area (Å²) in [6, 6.07) is 7.82. The molecule has 2 aromatic heterocycles. The molecule has 102 valence electrons. The van der Waals surface area contributed by atoms with Crippen molar-refractivity contribution in [2.45, 2.75) is 13.3 Å². The lowest BCUT2D eigenvalue weighted by atomic mass is 10.0. The summed E-state index contributed by atoms with van der Waals surface area (Å²) in [5, 5.41) is 0.564. The third-order valence-corrected chi connectivity index (χ3v) is 4.89. The zero-order valence-corrected chi connectivity index (χ0v) is 13.0. The fourth-order valence-electron chi connectivity index (χ4n) is 2.25. The maximum absolute atomic E-state index is 12.1. The highest BCUT2D eigenvalue weighted by molar-refractivity contribution is 9.10. The molecule has 0 atom stereocenters. The van der Waals surface area contributed by atoms with Gasteiger partial charge < -0.3 is 0 Å². The van der Waals surface area contributed by atoms with Gasteiger partial charge in [0.2, 0.25) is 0 Å². The topological polar surface area (TPSA) is 65.7 Å². The smallest absolute Gasteiger partial charge is 0.298 e. The van der Waals surface area contributed by atoms with Crippen LogP contribution in [0.4, 0.5) is 0 Å². The summed E-state index contributed by atoms with van der Waals surface area (Å²) in [4.78, 5) is 30.2. The van der Waals surface area contributed by atoms with E-state index in [1.807, 2.05) is 31.2 Å². The van der Waals surface area contributed by atoms with E-state index < -0.39 is 5.69 Å². The highest BCUT2D eigenvalue weighted by Gasteiger charge is 2.16. The lowest BCUT2D eigenvalue weighted by Gasteiger charge is -2.03. The minimum atomic E-state index is -0.464. The standard InChI is InChI=1S/C14H11BrN2O2S/c1-2-9-10(7-3-5-8(15)6-4-7)11-12(18)16-14(19)17-13(11)20-9/h3-6H,2H2,1H3,(H2,16,17,18,19). The van der Waals surface area contributed by atoms with E-state index in [0.717, 1.165) is 26.9 Å². The van der Waals surface area contributed by atoms with Crippen molar-refractivity contribution in [3.63, 3.8) is 0 Å². The molecule has 0 radical (unpaired) electrons. The van der Waals surface area contributed by atoms with Crippen LogP contribution >= 0.6 is 27.3 Å². The molecule has 0 saturated heterocycles. The summed E-state index contributed by atoms with van der Waals surface area (Å²) in [5.41, 5.74) is 1.10. The van der Waals surface area contributed by atoms with Crippen LogP contribution in [0.1, 0.15) is 11.8 Å². The molecule has 3 aromatic rings. The molecule has 2 N–H and O–H groups in total. The van der Waals surface area contributed by atoms with Gasteiger partial charge in [0, 0.05) is 14.9 Å². The Morgan fingerprint density at radius 3 is 2.50 bits per heavy atom. The first-order valence-corrected chi connectivity index (χ1v) is 7.75. The van der Waals surface area contributed by atoms with Crippen molar-refractivity contribution >= 4 is 37.5 Å². The van der Waals surface area contributed by atoms with Gasteiger partial charge in [-0.15, -0.1) is 11.3 Å². The van der Waals surface area contributed by atoms with Crippen LogP contribution in [0.5, 0.6) is 0 Å². The predicted octanol–water partition coefficient (Wildman–Crippen LogP) is 3.27. The van der Waals surface area contributed by atoms with Gasteiger partial charge in [-0.2, -0.15) is 0 Å². The van der Waals surface area contributed by atoms with Gasteiger partial charge in [0.05, 0.1) is 5.39 Å². The van der Waals surface area contributed by atoms with Gasteiger partial charge in [0.1, 0.15) is 4.83 Å². The number of aromatic amines is 2. The summed E-state index contributed by atoms with van der Waals surface area (Å²) < 4.78 is 0.987. The maximum Gasteiger partial charge on any atom is 0.326 e. The van der Waals surface area contributed by atoms with E-state index in [9.17, 15) is 9.59 Å². The molecule has 0 fully saturated rings. The molecule has 0 saturated carbocycles. The normalized spacial score (nSPS) is 11.1. The van der Waals surface area contributed by atoms with Gasteiger partial charge in [0.15, 0.2) is 0 Å². The fourth-order valence-corrected chi connectivity index (χ4v) is 3.67. The molecule has 0 aliphatic heterocycles. The number of nitrogens with one attached hydrogen (secondary N) is 2. The van der Waals surface area contributed by atoms with Crippen molar-refractivity contribution < 1.29 is 0 Å². The second-order valence-corrected chi connectivity index (χ2v) is 6.39. The van der Waals surface area contributed by atoms with Crippen LogP contribution in [0.2, 0.25) is 0 Å². The van der Waals surface area contributed by atoms with Crippen molar-refractivity contribution in [1.82, 2.24) is 9.97 Å². The monoisotopic (exact) mass is 350 g/mol. The SMILES string of the molecule is CCc1sc2[nH]c(=O)[nH]c(=O)c2c1-c1ccc(Br)cc1. The summed E-state index contributed by atoms with van der Waals surface area (Å²) in [7, 11) is 0. The molecule has 4 nitrogen and oxygen atoms in total. The van der Waals surface area contributed by atoms with Crippen molar-refractivity contribution in [3.05, 3.63) is 54.5 Å². The molecule has 0 bridgehead atoms. The maximum atomic E-state index is 12.1. The van der Waals surface area contributed by atoms with E-state index in [1.54, 1.807) is 0 Å². The molecular weight excluding hydrogens is 340 g/mol. The Labute approximate surface area is 126 Å². The lowest BCUT2D eigenvalue weighted by molar-refractivity contribution is 1.09. The molecular formula is C14H11BrN2O2S.